The van der Waals surface area contributed by atoms with Crippen molar-refractivity contribution in [1.29, 1.82) is 0 Å². The standard InChI is InChI=1S/C24H16Cl2N2O4/c1-14-3-2-4-19(13-14)32-24(31)15-5-9-17(10-6-15)27-21-20(26)22(29)28(23(21)30)18-11-7-16(25)8-12-18/h2-13,27H,1H3. The normalized spacial score (nSPS) is 13.5. The number of esters is 1. The van der Waals surface area contributed by atoms with Crippen molar-refractivity contribution < 1.29 is 19.1 Å². The largest absolute Gasteiger partial charge is 0.423 e. The van der Waals surface area contributed by atoms with Gasteiger partial charge in [0.25, 0.3) is 11.8 Å². The van der Waals surface area contributed by atoms with Crippen molar-refractivity contribution in [3.63, 3.8) is 0 Å². The maximum atomic E-state index is 12.8. The van der Waals surface area contributed by atoms with Gasteiger partial charge in [-0.3, -0.25) is 9.59 Å². The highest BCUT2D eigenvalue weighted by Crippen LogP contribution is 2.30. The monoisotopic (exact) mass is 466 g/mol. The summed E-state index contributed by atoms with van der Waals surface area (Å²) >= 11 is 12.0. The van der Waals surface area contributed by atoms with Gasteiger partial charge in [0.1, 0.15) is 16.5 Å². The number of carbonyl (C=O) groups is 3. The predicted molar refractivity (Wildman–Crippen MR) is 123 cm³/mol. The maximum absolute atomic E-state index is 12.8. The summed E-state index contributed by atoms with van der Waals surface area (Å²) in [5.74, 6) is -1.29. The SMILES string of the molecule is Cc1cccc(OC(=O)c2ccc(NC3=C(Cl)C(=O)N(c4ccc(Cl)cc4)C3=O)cc2)c1. The number of benzene rings is 3. The smallest absolute Gasteiger partial charge is 0.343 e. The Labute approximate surface area is 194 Å². The Morgan fingerprint density at radius 1 is 0.906 bits per heavy atom. The first-order valence-electron chi connectivity index (χ1n) is 9.53. The van der Waals surface area contributed by atoms with Gasteiger partial charge in [-0.05, 0) is 73.2 Å². The molecule has 1 aliphatic heterocycles. The van der Waals surface area contributed by atoms with Crippen LogP contribution in [0.25, 0.3) is 0 Å². The number of imide groups is 1. The number of ether oxygens (including phenoxy) is 1. The van der Waals surface area contributed by atoms with Crippen molar-refractivity contribution in [2.45, 2.75) is 6.92 Å². The Hall–Kier alpha value is -3.61. The molecular weight excluding hydrogens is 451 g/mol. The van der Waals surface area contributed by atoms with Crippen molar-refractivity contribution in [2.24, 2.45) is 0 Å². The van der Waals surface area contributed by atoms with Crippen LogP contribution in [0.15, 0.2) is 83.5 Å². The van der Waals surface area contributed by atoms with Crippen LogP contribution in [0.4, 0.5) is 11.4 Å². The fourth-order valence-electron chi connectivity index (χ4n) is 3.11. The first-order valence-corrected chi connectivity index (χ1v) is 10.3. The lowest BCUT2D eigenvalue weighted by Gasteiger charge is -2.15. The molecule has 3 aromatic rings. The number of hydrogen-bond acceptors (Lipinski definition) is 5. The number of aryl methyl sites for hydroxylation is 1. The molecule has 3 aromatic carbocycles. The van der Waals surface area contributed by atoms with E-state index in [2.05, 4.69) is 5.32 Å². The van der Waals surface area contributed by atoms with Crippen LogP contribution >= 0.6 is 23.2 Å². The minimum absolute atomic E-state index is 0.0540. The molecule has 2 amide bonds. The summed E-state index contributed by atoms with van der Waals surface area (Å²) in [5.41, 5.74) is 2.08. The fourth-order valence-corrected chi connectivity index (χ4v) is 3.45. The highest BCUT2D eigenvalue weighted by Gasteiger charge is 2.38. The Balaban J connectivity index is 1.48. The molecule has 0 aliphatic carbocycles. The van der Waals surface area contributed by atoms with Crippen molar-refractivity contribution in [3.05, 3.63) is 99.7 Å². The molecule has 0 spiro atoms. The van der Waals surface area contributed by atoms with E-state index in [4.69, 9.17) is 27.9 Å². The van der Waals surface area contributed by atoms with Gasteiger partial charge in [0, 0.05) is 10.7 Å². The number of rotatable bonds is 5. The van der Waals surface area contributed by atoms with E-state index in [1.807, 2.05) is 13.0 Å². The summed E-state index contributed by atoms with van der Waals surface area (Å²) < 4.78 is 5.37. The van der Waals surface area contributed by atoms with Crippen LogP contribution < -0.4 is 15.0 Å². The molecule has 0 saturated heterocycles. The molecule has 0 aromatic heterocycles. The number of hydrogen-bond donors (Lipinski definition) is 1. The molecule has 4 rings (SSSR count). The van der Waals surface area contributed by atoms with E-state index >= 15 is 0 Å². The summed E-state index contributed by atoms with van der Waals surface area (Å²) in [4.78, 5) is 38.7. The third-order valence-corrected chi connectivity index (χ3v) is 5.30. The molecule has 1 aliphatic rings. The van der Waals surface area contributed by atoms with Crippen molar-refractivity contribution in [2.75, 3.05) is 10.2 Å². The zero-order valence-electron chi connectivity index (χ0n) is 16.8. The first-order chi connectivity index (χ1) is 15.3. The minimum atomic E-state index is -0.639. The van der Waals surface area contributed by atoms with Gasteiger partial charge in [0.15, 0.2) is 0 Å². The first kappa shape index (κ1) is 21.6. The van der Waals surface area contributed by atoms with Gasteiger partial charge in [0.2, 0.25) is 0 Å². The van der Waals surface area contributed by atoms with E-state index < -0.39 is 17.8 Å². The molecule has 0 radical (unpaired) electrons. The van der Waals surface area contributed by atoms with Gasteiger partial charge in [-0.2, -0.15) is 0 Å². The number of carbonyl (C=O) groups excluding carboxylic acids is 3. The molecule has 1 N–H and O–H groups in total. The minimum Gasteiger partial charge on any atom is -0.423 e. The Morgan fingerprint density at radius 3 is 2.25 bits per heavy atom. The lowest BCUT2D eigenvalue weighted by molar-refractivity contribution is -0.120. The molecule has 8 heteroatoms. The third-order valence-electron chi connectivity index (χ3n) is 4.70. The van der Waals surface area contributed by atoms with Crippen LogP contribution in [0, 0.1) is 6.92 Å². The van der Waals surface area contributed by atoms with Crippen molar-refractivity contribution in [1.82, 2.24) is 0 Å². The van der Waals surface area contributed by atoms with E-state index in [0.717, 1.165) is 10.5 Å². The molecule has 32 heavy (non-hydrogen) atoms. The average molecular weight is 467 g/mol. The molecule has 0 fully saturated rings. The summed E-state index contributed by atoms with van der Waals surface area (Å²) in [6.45, 7) is 1.90. The Bertz CT molecular complexity index is 1250. The highest BCUT2D eigenvalue weighted by molar-refractivity contribution is 6.53. The molecule has 0 saturated carbocycles. The molecule has 0 atom stereocenters. The Kier molecular flexibility index (Phi) is 5.99. The summed E-state index contributed by atoms with van der Waals surface area (Å²) in [5, 5.41) is 3.11. The van der Waals surface area contributed by atoms with Crippen LogP contribution in [0.2, 0.25) is 5.02 Å². The second-order valence-electron chi connectivity index (χ2n) is 7.02. The van der Waals surface area contributed by atoms with E-state index in [1.54, 1.807) is 66.7 Å². The zero-order chi connectivity index (χ0) is 22.8. The number of halogens is 2. The summed E-state index contributed by atoms with van der Waals surface area (Å²) in [7, 11) is 0. The topological polar surface area (TPSA) is 75.7 Å². The van der Waals surface area contributed by atoms with Gasteiger partial charge in [0.05, 0.1) is 11.3 Å². The van der Waals surface area contributed by atoms with Gasteiger partial charge < -0.3 is 10.1 Å². The van der Waals surface area contributed by atoms with E-state index in [-0.39, 0.29) is 10.7 Å². The lowest BCUT2D eigenvalue weighted by Crippen LogP contribution is -2.32. The molecule has 0 unspecified atom stereocenters. The molecule has 0 bridgehead atoms. The molecular formula is C24H16Cl2N2O4. The van der Waals surface area contributed by atoms with E-state index in [1.165, 1.54) is 0 Å². The van der Waals surface area contributed by atoms with Crippen LogP contribution in [0.1, 0.15) is 15.9 Å². The third kappa shape index (κ3) is 4.37. The second-order valence-corrected chi connectivity index (χ2v) is 7.83. The Morgan fingerprint density at radius 2 is 1.59 bits per heavy atom. The van der Waals surface area contributed by atoms with Crippen LogP contribution in [-0.4, -0.2) is 17.8 Å². The number of anilines is 2. The summed E-state index contributed by atoms with van der Waals surface area (Å²) in [6.07, 6.45) is 0. The average Bonchev–Trinajstić information content (AvgIpc) is 2.98. The zero-order valence-corrected chi connectivity index (χ0v) is 18.3. The van der Waals surface area contributed by atoms with Gasteiger partial charge >= 0.3 is 5.97 Å². The lowest BCUT2D eigenvalue weighted by atomic mass is 10.2. The van der Waals surface area contributed by atoms with Crippen LogP contribution in [-0.2, 0) is 9.59 Å². The second kappa shape index (κ2) is 8.86. The number of nitrogens with zero attached hydrogens (tertiary/aromatic N) is 1. The van der Waals surface area contributed by atoms with Crippen LogP contribution in [0.3, 0.4) is 0 Å². The predicted octanol–water partition coefficient (Wildman–Crippen LogP) is 5.30. The number of amides is 2. The van der Waals surface area contributed by atoms with E-state index in [0.29, 0.717) is 27.7 Å². The molecule has 160 valence electrons. The fraction of sp³-hybridized carbons (Fsp3) is 0.0417. The maximum Gasteiger partial charge on any atom is 0.343 e. The highest BCUT2D eigenvalue weighted by atomic mass is 35.5. The summed E-state index contributed by atoms with van der Waals surface area (Å²) in [6, 6.07) is 19.7. The molecule has 1 heterocycles. The van der Waals surface area contributed by atoms with Gasteiger partial charge in [-0.1, -0.05) is 35.3 Å². The van der Waals surface area contributed by atoms with E-state index in [9.17, 15) is 14.4 Å². The molecule has 6 nitrogen and oxygen atoms in total. The quantitative estimate of drug-likeness (QED) is 0.313. The van der Waals surface area contributed by atoms with Crippen molar-refractivity contribution in [3.8, 4) is 5.75 Å². The van der Waals surface area contributed by atoms with Gasteiger partial charge in [-0.15, -0.1) is 0 Å². The van der Waals surface area contributed by atoms with Crippen LogP contribution in [0.5, 0.6) is 5.75 Å². The van der Waals surface area contributed by atoms with Crippen molar-refractivity contribution >= 4 is 52.4 Å². The number of nitrogens with one attached hydrogen (secondary N) is 1. The van der Waals surface area contributed by atoms with Gasteiger partial charge in [-0.25, -0.2) is 9.69 Å².